The molecule has 3 rings (SSSR count). The Morgan fingerprint density at radius 2 is 1.96 bits per heavy atom. The van der Waals surface area contributed by atoms with Gasteiger partial charge in [-0.15, -0.1) is 0 Å². The molecule has 0 aliphatic carbocycles. The van der Waals surface area contributed by atoms with Crippen LogP contribution >= 0.6 is 0 Å². The third kappa shape index (κ3) is 3.37. The molecule has 2 aromatic heterocycles. The smallest absolute Gasteiger partial charge is 0.409 e. The van der Waals surface area contributed by atoms with Crippen molar-refractivity contribution in [3.63, 3.8) is 0 Å². The molecule has 0 N–H and O–H groups in total. The van der Waals surface area contributed by atoms with Gasteiger partial charge < -0.3 is 14.5 Å². The Morgan fingerprint density at radius 3 is 2.62 bits per heavy atom. The summed E-state index contributed by atoms with van der Waals surface area (Å²) in [5, 5.41) is 0. The number of hydrogen-bond acceptors (Lipinski definition) is 5. The molecule has 1 saturated heterocycles. The van der Waals surface area contributed by atoms with Gasteiger partial charge in [0.15, 0.2) is 0 Å². The third-order valence-electron chi connectivity index (χ3n) is 3.84. The predicted molar refractivity (Wildman–Crippen MR) is 86.4 cm³/mol. The minimum atomic E-state index is -0.328. The number of aromatic nitrogens is 3. The lowest BCUT2D eigenvalue weighted by atomic mass is 10.2. The first-order chi connectivity index (χ1) is 11.7. The molecule has 0 saturated carbocycles. The standard InChI is InChI=1S/C16H19N5O3/c1-2-24-16(23)20-8-6-19(7-9-20)15(22)21-11-14(18-12-21)13-4-3-5-17-10-13/h3-5,10-12H,2,6-9H2,1H3. The minimum absolute atomic E-state index is 0.152. The molecular formula is C16H19N5O3. The Kier molecular flexibility index (Phi) is 4.74. The zero-order chi connectivity index (χ0) is 16.9. The van der Waals surface area contributed by atoms with Gasteiger partial charge in [0, 0.05) is 50.3 Å². The minimum Gasteiger partial charge on any atom is -0.450 e. The monoisotopic (exact) mass is 329 g/mol. The van der Waals surface area contributed by atoms with Gasteiger partial charge >= 0.3 is 12.1 Å². The number of amides is 2. The van der Waals surface area contributed by atoms with Gasteiger partial charge in [-0.1, -0.05) is 0 Å². The molecule has 0 bridgehead atoms. The summed E-state index contributed by atoms with van der Waals surface area (Å²) in [4.78, 5) is 35.9. The van der Waals surface area contributed by atoms with E-state index in [1.807, 2.05) is 12.1 Å². The average molecular weight is 329 g/mol. The van der Waals surface area contributed by atoms with Crippen LogP contribution in [0.5, 0.6) is 0 Å². The number of hydrogen-bond donors (Lipinski definition) is 0. The first kappa shape index (κ1) is 16.0. The second kappa shape index (κ2) is 7.12. The molecule has 8 heteroatoms. The zero-order valence-electron chi connectivity index (χ0n) is 13.5. The predicted octanol–water partition coefficient (Wildman–Crippen LogP) is 1.69. The van der Waals surface area contributed by atoms with Crippen molar-refractivity contribution in [1.29, 1.82) is 0 Å². The molecule has 1 aliphatic heterocycles. The molecule has 126 valence electrons. The van der Waals surface area contributed by atoms with Crippen LogP contribution in [0.25, 0.3) is 11.3 Å². The SMILES string of the molecule is CCOC(=O)N1CCN(C(=O)n2cnc(-c3cccnc3)c2)CC1. The lowest BCUT2D eigenvalue weighted by Crippen LogP contribution is -2.51. The number of carbonyl (C=O) groups is 2. The molecule has 0 unspecified atom stereocenters. The third-order valence-corrected chi connectivity index (χ3v) is 3.84. The topological polar surface area (TPSA) is 80.6 Å². The molecule has 3 heterocycles. The summed E-state index contributed by atoms with van der Waals surface area (Å²) in [5.41, 5.74) is 1.55. The number of piperazine rings is 1. The Balaban J connectivity index is 1.62. The van der Waals surface area contributed by atoms with Crippen LogP contribution in [0.1, 0.15) is 6.92 Å². The average Bonchev–Trinajstić information content (AvgIpc) is 3.12. The molecule has 0 radical (unpaired) electrons. The van der Waals surface area contributed by atoms with Crippen molar-refractivity contribution in [2.45, 2.75) is 6.92 Å². The first-order valence-corrected chi connectivity index (χ1v) is 7.84. The number of rotatable bonds is 2. The van der Waals surface area contributed by atoms with E-state index in [1.165, 1.54) is 10.9 Å². The van der Waals surface area contributed by atoms with E-state index in [0.717, 1.165) is 5.56 Å². The van der Waals surface area contributed by atoms with E-state index < -0.39 is 0 Å². The van der Waals surface area contributed by atoms with Crippen LogP contribution < -0.4 is 0 Å². The van der Waals surface area contributed by atoms with Crippen LogP contribution in [-0.4, -0.2) is 69.2 Å². The van der Waals surface area contributed by atoms with Crippen molar-refractivity contribution >= 4 is 12.1 Å². The van der Waals surface area contributed by atoms with Crippen LogP contribution in [0.2, 0.25) is 0 Å². The van der Waals surface area contributed by atoms with E-state index in [2.05, 4.69) is 9.97 Å². The maximum absolute atomic E-state index is 12.5. The maximum atomic E-state index is 12.5. The molecule has 24 heavy (non-hydrogen) atoms. The van der Waals surface area contributed by atoms with Crippen molar-refractivity contribution in [3.8, 4) is 11.3 Å². The molecule has 2 amide bonds. The highest BCUT2D eigenvalue weighted by atomic mass is 16.6. The van der Waals surface area contributed by atoms with E-state index in [1.54, 1.807) is 35.3 Å². The fraction of sp³-hybridized carbons (Fsp3) is 0.375. The Bertz CT molecular complexity index is 708. The molecule has 1 aliphatic rings. The number of pyridine rings is 1. The fourth-order valence-electron chi connectivity index (χ4n) is 2.55. The Labute approximate surface area is 139 Å². The normalized spacial score (nSPS) is 14.5. The lowest BCUT2D eigenvalue weighted by molar-refractivity contribution is 0.0854. The van der Waals surface area contributed by atoms with Gasteiger partial charge in [0.05, 0.1) is 12.3 Å². The van der Waals surface area contributed by atoms with Crippen molar-refractivity contribution in [2.24, 2.45) is 0 Å². The molecule has 0 spiro atoms. The summed E-state index contributed by atoms with van der Waals surface area (Å²) in [7, 11) is 0. The van der Waals surface area contributed by atoms with Gasteiger partial charge in [0.1, 0.15) is 6.33 Å². The van der Waals surface area contributed by atoms with Crippen LogP contribution in [0, 0.1) is 0 Å². The van der Waals surface area contributed by atoms with Crippen LogP contribution in [0.4, 0.5) is 9.59 Å². The van der Waals surface area contributed by atoms with Crippen LogP contribution in [0.3, 0.4) is 0 Å². The summed E-state index contributed by atoms with van der Waals surface area (Å²) >= 11 is 0. The second-order valence-corrected chi connectivity index (χ2v) is 5.36. The summed E-state index contributed by atoms with van der Waals surface area (Å²) in [6, 6.07) is 3.56. The molecular weight excluding hydrogens is 310 g/mol. The summed E-state index contributed by atoms with van der Waals surface area (Å²) < 4.78 is 6.44. The lowest BCUT2D eigenvalue weighted by Gasteiger charge is -2.33. The van der Waals surface area contributed by atoms with E-state index in [0.29, 0.717) is 38.5 Å². The quantitative estimate of drug-likeness (QED) is 0.837. The molecule has 0 aromatic carbocycles. The van der Waals surface area contributed by atoms with Gasteiger partial charge in [-0.25, -0.2) is 14.6 Å². The number of carbonyl (C=O) groups excluding carboxylic acids is 2. The summed E-state index contributed by atoms with van der Waals surface area (Å²) in [6.07, 6.45) is 6.26. The highest BCUT2D eigenvalue weighted by molar-refractivity contribution is 5.78. The van der Waals surface area contributed by atoms with Crippen molar-refractivity contribution in [2.75, 3.05) is 32.8 Å². The van der Waals surface area contributed by atoms with Gasteiger partial charge in [-0.05, 0) is 19.1 Å². The van der Waals surface area contributed by atoms with E-state index >= 15 is 0 Å². The Morgan fingerprint density at radius 1 is 1.21 bits per heavy atom. The second-order valence-electron chi connectivity index (χ2n) is 5.36. The maximum Gasteiger partial charge on any atom is 0.409 e. The summed E-state index contributed by atoms with van der Waals surface area (Å²) in [5.74, 6) is 0. The van der Waals surface area contributed by atoms with Gasteiger partial charge in [-0.3, -0.25) is 9.55 Å². The van der Waals surface area contributed by atoms with Crippen LogP contribution in [0.15, 0.2) is 37.1 Å². The molecule has 8 nitrogen and oxygen atoms in total. The van der Waals surface area contributed by atoms with E-state index in [-0.39, 0.29) is 12.1 Å². The number of imidazole rings is 1. The van der Waals surface area contributed by atoms with Gasteiger partial charge in [0.25, 0.3) is 0 Å². The largest absolute Gasteiger partial charge is 0.450 e. The van der Waals surface area contributed by atoms with Crippen molar-refractivity contribution in [1.82, 2.24) is 24.3 Å². The van der Waals surface area contributed by atoms with Gasteiger partial charge in [-0.2, -0.15) is 0 Å². The Hall–Kier alpha value is -2.90. The summed E-state index contributed by atoms with van der Waals surface area (Å²) in [6.45, 7) is 4.00. The first-order valence-electron chi connectivity index (χ1n) is 7.84. The zero-order valence-corrected chi connectivity index (χ0v) is 13.5. The highest BCUT2D eigenvalue weighted by Gasteiger charge is 2.25. The molecule has 0 atom stereocenters. The number of ether oxygens (including phenoxy) is 1. The van der Waals surface area contributed by atoms with Crippen molar-refractivity contribution in [3.05, 3.63) is 37.1 Å². The van der Waals surface area contributed by atoms with Gasteiger partial charge in [0.2, 0.25) is 0 Å². The molecule has 2 aromatic rings. The highest BCUT2D eigenvalue weighted by Crippen LogP contribution is 2.15. The molecule has 1 fully saturated rings. The van der Waals surface area contributed by atoms with E-state index in [9.17, 15) is 9.59 Å². The number of nitrogens with zero attached hydrogens (tertiary/aromatic N) is 5. The van der Waals surface area contributed by atoms with Crippen LogP contribution in [-0.2, 0) is 4.74 Å². The fourth-order valence-corrected chi connectivity index (χ4v) is 2.55. The van der Waals surface area contributed by atoms with Crippen molar-refractivity contribution < 1.29 is 14.3 Å². The van der Waals surface area contributed by atoms with E-state index in [4.69, 9.17) is 4.74 Å².